The van der Waals surface area contributed by atoms with Gasteiger partial charge in [-0.05, 0) is 61.5 Å². The molecular formula is C21H25ClN2OS. The molecule has 1 aliphatic rings. The molecule has 0 bridgehead atoms. The van der Waals surface area contributed by atoms with E-state index in [4.69, 9.17) is 11.6 Å². The first-order chi connectivity index (χ1) is 12.7. The van der Waals surface area contributed by atoms with Gasteiger partial charge in [0.15, 0.2) is 0 Å². The van der Waals surface area contributed by atoms with Gasteiger partial charge in [-0.1, -0.05) is 42.3 Å². The molecule has 5 heteroatoms. The van der Waals surface area contributed by atoms with Crippen LogP contribution in [0, 0.1) is 0 Å². The number of hydrogen-bond donors (Lipinski definition) is 1. The van der Waals surface area contributed by atoms with Crippen LogP contribution in [0.3, 0.4) is 0 Å². The summed E-state index contributed by atoms with van der Waals surface area (Å²) in [5, 5.41) is 3.45. The smallest absolute Gasteiger partial charge is 0.253 e. The van der Waals surface area contributed by atoms with Crippen molar-refractivity contribution in [3.05, 3.63) is 64.2 Å². The summed E-state index contributed by atoms with van der Waals surface area (Å²) < 4.78 is 0. The molecular weight excluding hydrogens is 364 g/mol. The minimum Gasteiger partial charge on any atom is -0.348 e. The van der Waals surface area contributed by atoms with E-state index in [2.05, 4.69) is 34.5 Å². The molecule has 1 aliphatic heterocycles. The molecule has 138 valence electrons. The molecule has 1 fully saturated rings. The van der Waals surface area contributed by atoms with Gasteiger partial charge in [0.05, 0.1) is 10.6 Å². The van der Waals surface area contributed by atoms with Crippen molar-refractivity contribution >= 4 is 29.3 Å². The fraction of sp³-hybridized carbons (Fsp3) is 0.381. The quantitative estimate of drug-likeness (QED) is 0.708. The summed E-state index contributed by atoms with van der Waals surface area (Å²) in [7, 11) is 0. The first-order valence-corrected chi connectivity index (χ1v) is 10.7. The Morgan fingerprint density at radius 2 is 1.77 bits per heavy atom. The third kappa shape index (κ3) is 5.26. The molecule has 0 aromatic heterocycles. The summed E-state index contributed by atoms with van der Waals surface area (Å²) in [5.74, 6) is -0.136. The van der Waals surface area contributed by atoms with Crippen LogP contribution in [-0.2, 0) is 13.1 Å². The van der Waals surface area contributed by atoms with Crippen LogP contribution in [0.15, 0.2) is 47.4 Å². The van der Waals surface area contributed by atoms with Crippen LogP contribution in [-0.4, -0.2) is 30.2 Å². The summed E-state index contributed by atoms with van der Waals surface area (Å²) in [5.41, 5.74) is 2.95. The second-order valence-corrected chi connectivity index (χ2v) is 7.97. The van der Waals surface area contributed by atoms with E-state index in [1.807, 2.05) is 18.4 Å². The molecule has 0 unspecified atom stereocenters. The molecule has 26 heavy (non-hydrogen) atoms. The van der Waals surface area contributed by atoms with E-state index in [-0.39, 0.29) is 5.91 Å². The van der Waals surface area contributed by atoms with Crippen LogP contribution in [0.2, 0.25) is 5.02 Å². The lowest BCUT2D eigenvalue weighted by Gasteiger charge is -2.26. The molecule has 2 aromatic rings. The van der Waals surface area contributed by atoms with E-state index in [0.29, 0.717) is 17.1 Å². The first kappa shape index (κ1) is 19.3. The number of piperidine rings is 1. The number of thioether (sulfide) groups is 1. The number of nitrogens with zero attached hydrogens (tertiary/aromatic N) is 1. The van der Waals surface area contributed by atoms with Crippen molar-refractivity contribution in [3.63, 3.8) is 0 Å². The Kier molecular flexibility index (Phi) is 7.00. The normalized spacial score (nSPS) is 15.0. The molecule has 2 aromatic carbocycles. The molecule has 0 saturated carbocycles. The number of benzene rings is 2. The summed E-state index contributed by atoms with van der Waals surface area (Å²) in [6, 6.07) is 14.1. The lowest BCUT2D eigenvalue weighted by Crippen LogP contribution is -2.29. The summed E-state index contributed by atoms with van der Waals surface area (Å²) in [4.78, 5) is 16.0. The Hall–Kier alpha value is -1.49. The fourth-order valence-corrected chi connectivity index (χ4v) is 3.86. The summed E-state index contributed by atoms with van der Waals surface area (Å²) >= 11 is 7.77. The van der Waals surface area contributed by atoms with E-state index >= 15 is 0 Å². The number of halogens is 1. The van der Waals surface area contributed by atoms with Gasteiger partial charge in [-0.2, -0.15) is 0 Å². The molecule has 0 aliphatic carbocycles. The third-order valence-corrected chi connectivity index (χ3v) is 5.80. The second-order valence-electron chi connectivity index (χ2n) is 6.68. The molecule has 3 rings (SSSR count). The van der Waals surface area contributed by atoms with Gasteiger partial charge >= 0.3 is 0 Å². The first-order valence-electron chi connectivity index (χ1n) is 9.07. The SMILES string of the molecule is CSc1ccc(Cl)c(C(=O)NCc2ccc(CN3CCCCC3)cc2)c1. The lowest BCUT2D eigenvalue weighted by molar-refractivity contribution is 0.0951. The zero-order chi connectivity index (χ0) is 18.4. The number of hydrogen-bond acceptors (Lipinski definition) is 3. The van der Waals surface area contributed by atoms with Crippen molar-refractivity contribution in [3.8, 4) is 0 Å². The van der Waals surface area contributed by atoms with Gasteiger partial charge in [0.2, 0.25) is 0 Å². The van der Waals surface area contributed by atoms with Gasteiger partial charge < -0.3 is 5.32 Å². The topological polar surface area (TPSA) is 32.3 Å². The van der Waals surface area contributed by atoms with Gasteiger partial charge in [-0.25, -0.2) is 0 Å². The fourth-order valence-electron chi connectivity index (χ4n) is 3.22. The Labute approximate surface area is 165 Å². The number of rotatable bonds is 6. The minimum atomic E-state index is -0.136. The van der Waals surface area contributed by atoms with Crippen LogP contribution >= 0.6 is 23.4 Å². The molecule has 1 saturated heterocycles. The zero-order valence-electron chi connectivity index (χ0n) is 15.1. The van der Waals surface area contributed by atoms with E-state index in [9.17, 15) is 4.79 Å². The van der Waals surface area contributed by atoms with E-state index in [1.165, 1.54) is 37.9 Å². The largest absolute Gasteiger partial charge is 0.348 e. The van der Waals surface area contributed by atoms with Gasteiger partial charge in [-0.15, -0.1) is 11.8 Å². The average Bonchev–Trinajstić information content (AvgIpc) is 2.68. The van der Waals surface area contributed by atoms with E-state index in [0.717, 1.165) is 17.0 Å². The second kappa shape index (κ2) is 9.45. The van der Waals surface area contributed by atoms with Crippen LogP contribution < -0.4 is 5.32 Å². The summed E-state index contributed by atoms with van der Waals surface area (Å²) in [6.07, 6.45) is 5.96. The highest BCUT2D eigenvalue weighted by Gasteiger charge is 2.12. The van der Waals surface area contributed by atoms with Crippen molar-refractivity contribution in [2.45, 2.75) is 37.2 Å². The van der Waals surface area contributed by atoms with Gasteiger partial charge in [0, 0.05) is 18.0 Å². The maximum atomic E-state index is 12.4. The van der Waals surface area contributed by atoms with Gasteiger partial charge in [-0.3, -0.25) is 9.69 Å². The molecule has 3 nitrogen and oxygen atoms in total. The van der Waals surface area contributed by atoms with Crippen molar-refractivity contribution in [2.75, 3.05) is 19.3 Å². The Morgan fingerprint density at radius 3 is 2.46 bits per heavy atom. The molecule has 0 spiro atoms. The van der Waals surface area contributed by atoms with Crippen molar-refractivity contribution in [1.29, 1.82) is 0 Å². The van der Waals surface area contributed by atoms with E-state index in [1.54, 1.807) is 17.8 Å². The highest BCUT2D eigenvalue weighted by Crippen LogP contribution is 2.23. The zero-order valence-corrected chi connectivity index (χ0v) is 16.7. The van der Waals surface area contributed by atoms with Crippen LogP contribution in [0.1, 0.15) is 40.7 Å². The molecule has 1 amide bonds. The number of nitrogens with one attached hydrogen (secondary N) is 1. The maximum absolute atomic E-state index is 12.4. The highest BCUT2D eigenvalue weighted by molar-refractivity contribution is 7.98. The highest BCUT2D eigenvalue weighted by atomic mass is 35.5. The predicted molar refractivity (Wildman–Crippen MR) is 110 cm³/mol. The number of amides is 1. The van der Waals surface area contributed by atoms with Crippen LogP contribution in [0.4, 0.5) is 0 Å². The Balaban J connectivity index is 1.55. The van der Waals surface area contributed by atoms with E-state index < -0.39 is 0 Å². The minimum absolute atomic E-state index is 0.136. The Bertz CT molecular complexity index is 742. The van der Waals surface area contributed by atoms with Crippen LogP contribution in [0.5, 0.6) is 0 Å². The van der Waals surface area contributed by atoms with Crippen molar-refractivity contribution in [2.24, 2.45) is 0 Å². The van der Waals surface area contributed by atoms with Crippen molar-refractivity contribution < 1.29 is 4.79 Å². The Morgan fingerprint density at radius 1 is 1.08 bits per heavy atom. The number of likely N-dealkylation sites (tertiary alicyclic amines) is 1. The monoisotopic (exact) mass is 388 g/mol. The maximum Gasteiger partial charge on any atom is 0.253 e. The van der Waals surface area contributed by atoms with Gasteiger partial charge in [0.25, 0.3) is 5.91 Å². The van der Waals surface area contributed by atoms with Gasteiger partial charge in [0.1, 0.15) is 0 Å². The average molecular weight is 389 g/mol. The number of carbonyl (C=O) groups excluding carboxylic acids is 1. The standard InChI is InChI=1S/C21H25ClN2OS/c1-26-18-9-10-20(22)19(13-18)21(25)23-14-16-5-7-17(8-6-16)15-24-11-3-2-4-12-24/h5-10,13H,2-4,11-12,14-15H2,1H3,(H,23,25). The molecule has 1 heterocycles. The van der Waals surface area contributed by atoms with Crippen LogP contribution in [0.25, 0.3) is 0 Å². The molecule has 0 radical (unpaired) electrons. The third-order valence-electron chi connectivity index (χ3n) is 4.75. The molecule has 1 N–H and O–H groups in total. The number of carbonyl (C=O) groups is 1. The predicted octanol–water partition coefficient (Wildman–Crippen LogP) is 4.98. The molecule has 0 atom stereocenters. The van der Waals surface area contributed by atoms with Crippen molar-refractivity contribution in [1.82, 2.24) is 10.2 Å². The summed E-state index contributed by atoms with van der Waals surface area (Å²) in [6.45, 7) is 3.92. The lowest BCUT2D eigenvalue weighted by atomic mass is 10.1.